The lowest BCUT2D eigenvalue weighted by molar-refractivity contribution is -0.119. The van der Waals surface area contributed by atoms with Gasteiger partial charge >= 0.3 is 0 Å². The summed E-state index contributed by atoms with van der Waals surface area (Å²) in [6.07, 6.45) is 0.0448. The minimum atomic E-state index is -0.220. The second-order valence-corrected chi connectivity index (χ2v) is 3.64. The van der Waals surface area contributed by atoms with Gasteiger partial charge in [-0.3, -0.25) is 4.79 Å². The van der Waals surface area contributed by atoms with Gasteiger partial charge in [0.25, 0.3) is 0 Å². The highest BCUT2D eigenvalue weighted by atomic mass is 79.9. The Kier molecular flexibility index (Phi) is 3.35. The number of aromatic hydroxyl groups is 2. The molecule has 0 radical (unpaired) electrons. The first-order valence-corrected chi connectivity index (χ1v) is 4.75. The molecule has 0 spiro atoms. The number of halogens is 1. The van der Waals surface area contributed by atoms with Gasteiger partial charge in [0.15, 0.2) is 0 Å². The highest BCUT2D eigenvalue weighted by molar-refractivity contribution is 9.10. The number of phenolic OH excluding ortho intramolecular Hbond substituents is 2. The van der Waals surface area contributed by atoms with Crippen LogP contribution < -0.4 is 5.32 Å². The number of likely N-dealkylation sites (N-methyl/N-ethyl adjacent to an activating group) is 1. The molecular weight excluding hydrogens is 250 g/mol. The van der Waals surface area contributed by atoms with Crippen LogP contribution in [0, 0.1) is 0 Å². The zero-order valence-electron chi connectivity index (χ0n) is 7.54. The van der Waals surface area contributed by atoms with Gasteiger partial charge in [0.05, 0.1) is 10.9 Å². The molecule has 1 aromatic carbocycles. The number of carbonyl (C=O) groups is 1. The zero-order valence-corrected chi connectivity index (χ0v) is 9.13. The van der Waals surface area contributed by atoms with E-state index in [1.54, 1.807) is 0 Å². The lowest BCUT2D eigenvalue weighted by Gasteiger charge is -2.05. The van der Waals surface area contributed by atoms with Gasteiger partial charge < -0.3 is 15.5 Å². The van der Waals surface area contributed by atoms with Crippen molar-refractivity contribution >= 4 is 21.8 Å². The first-order valence-electron chi connectivity index (χ1n) is 3.95. The second-order valence-electron chi connectivity index (χ2n) is 2.78. The van der Waals surface area contributed by atoms with Crippen LogP contribution in [0.1, 0.15) is 5.56 Å². The van der Waals surface area contributed by atoms with Crippen LogP contribution in [0.15, 0.2) is 16.6 Å². The third-order valence-electron chi connectivity index (χ3n) is 1.78. The number of nitrogens with one attached hydrogen (secondary N) is 1. The van der Waals surface area contributed by atoms with Gasteiger partial charge in [-0.25, -0.2) is 0 Å². The molecule has 1 aromatic rings. The lowest BCUT2D eigenvalue weighted by Crippen LogP contribution is -2.19. The van der Waals surface area contributed by atoms with Gasteiger partial charge in [-0.15, -0.1) is 0 Å². The molecule has 0 aliphatic carbocycles. The Morgan fingerprint density at radius 2 is 2.07 bits per heavy atom. The molecule has 76 valence electrons. The summed E-state index contributed by atoms with van der Waals surface area (Å²) in [6, 6.07) is 2.71. The topological polar surface area (TPSA) is 69.6 Å². The van der Waals surface area contributed by atoms with E-state index in [0.717, 1.165) is 0 Å². The first kappa shape index (κ1) is 10.8. The molecule has 0 aliphatic heterocycles. The average Bonchev–Trinajstić information content (AvgIpc) is 2.14. The Morgan fingerprint density at radius 3 is 2.64 bits per heavy atom. The Labute approximate surface area is 89.7 Å². The smallest absolute Gasteiger partial charge is 0.224 e. The van der Waals surface area contributed by atoms with Crippen molar-refractivity contribution in [1.82, 2.24) is 5.32 Å². The van der Waals surface area contributed by atoms with E-state index in [4.69, 9.17) is 0 Å². The molecule has 1 amide bonds. The van der Waals surface area contributed by atoms with E-state index in [9.17, 15) is 15.0 Å². The predicted octanol–water partition coefficient (Wildman–Crippen LogP) is 1.15. The Bertz CT molecular complexity index is 365. The van der Waals surface area contributed by atoms with E-state index < -0.39 is 0 Å². The average molecular weight is 260 g/mol. The van der Waals surface area contributed by atoms with Gasteiger partial charge in [0.1, 0.15) is 11.5 Å². The van der Waals surface area contributed by atoms with Gasteiger partial charge in [-0.2, -0.15) is 0 Å². The van der Waals surface area contributed by atoms with Crippen molar-refractivity contribution in [1.29, 1.82) is 0 Å². The van der Waals surface area contributed by atoms with Crippen molar-refractivity contribution in [3.8, 4) is 11.5 Å². The Balaban J connectivity index is 2.98. The molecule has 0 atom stereocenters. The summed E-state index contributed by atoms with van der Waals surface area (Å²) >= 11 is 3.05. The summed E-state index contributed by atoms with van der Waals surface area (Å²) in [7, 11) is 1.51. The van der Waals surface area contributed by atoms with E-state index in [1.807, 2.05) is 0 Å². The number of rotatable bonds is 2. The number of phenols is 2. The minimum absolute atomic E-state index is 0.00158. The Hall–Kier alpha value is -1.23. The highest BCUT2D eigenvalue weighted by Gasteiger charge is 2.09. The molecule has 0 heterocycles. The van der Waals surface area contributed by atoms with Crippen LogP contribution in [-0.2, 0) is 11.2 Å². The number of benzene rings is 1. The van der Waals surface area contributed by atoms with E-state index in [1.165, 1.54) is 19.2 Å². The van der Waals surface area contributed by atoms with Crippen LogP contribution in [0.25, 0.3) is 0 Å². The van der Waals surface area contributed by atoms with Gasteiger partial charge in [-0.05, 0) is 28.1 Å². The molecule has 0 aromatic heterocycles. The largest absolute Gasteiger partial charge is 0.508 e. The van der Waals surface area contributed by atoms with E-state index in [0.29, 0.717) is 10.0 Å². The van der Waals surface area contributed by atoms with Crippen LogP contribution in [0.4, 0.5) is 0 Å². The highest BCUT2D eigenvalue weighted by Crippen LogP contribution is 2.31. The van der Waals surface area contributed by atoms with Crippen molar-refractivity contribution in [3.05, 3.63) is 22.2 Å². The third kappa shape index (κ3) is 2.38. The number of hydrogen-bond acceptors (Lipinski definition) is 3. The monoisotopic (exact) mass is 259 g/mol. The molecule has 0 saturated carbocycles. The fraction of sp³-hybridized carbons (Fsp3) is 0.222. The van der Waals surface area contributed by atoms with Gasteiger partial charge in [0.2, 0.25) is 5.91 Å². The Morgan fingerprint density at radius 1 is 1.43 bits per heavy atom. The number of carbonyl (C=O) groups excluding carboxylic acids is 1. The molecule has 0 unspecified atom stereocenters. The summed E-state index contributed by atoms with van der Waals surface area (Å²) in [6.45, 7) is 0. The molecule has 1 rings (SSSR count). The molecule has 0 saturated heterocycles. The van der Waals surface area contributed by atoms with Crippen LogP contribution >= 0.6 is 15.9 Å². The van der Waals surface area contributed by atoms with E-state index in [2.05, 4.69) is 21.2 Å². The van der Waals surface area contributed by atoms with Crippen molar-refractivity contribution < 1.29 is 15.0 Å². The van der Waals surface area contributed by atoms with Crippen LogP contribution in [0.3, 0.4) is 0 Å². The van der Waals surface area contributed by atoms with Crippen LogP contribution in [0.5, 0.6) is 11.5 Å². The molecule has 3 N–H and O–H groups in total. The first-order chi connectivity index (χ1) is 6.54. The SMILES string of the molecule is CNC(=O)Cc1cc(O)c(Br)cc1O. The van der Waals surface area contributed by atoms with Crippen molar-refractivity contribution in [2.24, 2.45) is 0 Å². The maximum absolute atomic E-state index is 11.0. The van der Waals surface area contributed by atoms with Gasteiger partial charge in [0, 0.05) is 12.6 Å². The fourth-order valence-corrected chi connectivity index (χ4v) is 1.33. The summed E-state index contributed by atoms with van der Waals surface area (Å²) in [5.41, 5.74) is 0.394. The number of amides is 1. The molecule has 4 nitrogen and oxygen atoms in total. The molecule has 0 fully saturated rings. The quantitative estimate of drug-likeness (QED) is 0.698. The summed E-state index contributed by atoms with van der Waals surface area (Å²) in [5.74, 6) is -0.234. The normalized spacial score (nSPS) is 9.86. The standard InChI is InChI=1S/C9H10BrNO3/c1-11-9(14)3-5-2-8(13)6(10)4-7(5)12/h2,4,12-13H,3H2,1H3,(H,11,14). The second kappa shape index (κ2) is 4.32. The predicted molar refractivity (Wildman–Crippen MR) is 55.2 cm³/mol. The molecule has 0 bridgehead atoms. The fourth-order valence-electron chi connectivity index (χ4n) is 0.998. The minimum Gasteiger partial charge on any atom is -0.508 e. The maximum Gasteiger partial charge on any atom is 0.224 e. The van der Waals surface area contributed by atoms with Crippen LogP contribution in [0.2, 0.25) is 0 Å². The van der Waals surface area contributed by atoms with Crippen LogP contribution in [-0.4, -0.2) is 23.2 Å². The molecule has 0 aliphatic rings. The summed E-state index contributed by atoms with van der Waals surface area (Å²) in [5, 5.41) is 21.2. The van der Waals surface area contributed by atoms with E-state index >= 15 is 0 Å². The lowest BCUT2D eigenvalue weighted by atomic mass is 10.1. The van der Waals surface area contributed by atoms with Crippen molar-refractivity contribution in [2.45, 2.75) is 6.42 Å². The van der Waals surface area contributed by atoms with Crippen molar-refractivity contribution in [2.75, 3.05) is 7.05 Å². The maximum atomic E-state index is 11.0. The summed E-state index contributed by atoms with van der Waals surface area (Å²) < 4.78 is 0.399. The van der Waals surface area contributed by atoms with Crippen molar-refractivity contribution in [3.63, 3.8) is 0 Å². The molecule has 5 heteroatoms. The summed E-state index contributed by atoms with van der Waals surface area (Å²) in [4.78, 5) is 11.0. The number of hydrogen-bond donors (Lipinski definition) is 3. The van der Waals surface area contributed by atoms with Gasteiger partial charge in [-0.1, -0.05) is 0 Å². The third-order valence-corrected chi connectivity index (χ3v) is 2.41. The molecule has 14 heavy (non-hydrogen) atoms. The molecular formula is C9H10BrNO3. The zero-order chi connectivity index (χ0) is 10.7. The van der Waals surface area contributed by atoms with E-state index in [-0.39, 0.29) is 23.8 Å².